The van der Waals surface area contributed by atoms with Gasteiger partial charge < -0.3 is 14.0 Å². The van der Waals surface area contributed by atoms with Crippen LogP contribution >= 0.6 is 15.9 Å². The fourth-order valence-electron chi connectivity index (χ4n) is 2.26. The van der Waals surface area contributed by atoms with Crippen LogP contribution in [-0.4, -0.2) is 24.4 Å². The van der Waals surface area contributed by atoms with Gasteiger partial charge in [-0.05, 0) is 35.2 Å². The minimum Gasteiger partial charge on any atom is -0.491 e. The third kappa shape index (κ3) is 3.39. The summed E-state index contributed by atoms with van der Waals surface area (Å²) in [6, 6.07) is 1.93. The Balaban J connectivity index is 1.98. The average molecular weight is 330 g/mol. The molecule has 1 aliphatic rings. The van der Waals surface area contributed by atoms with Crippen LogP contribution in [0.4, 0.5) is 0 Å². The van der Waals surface area contributed by atoms with E-state index in [2.05, 4.69) is 22.9 Å². The summed E-state index contributed by atoms with van der Waals surface area (Å²) >= 11 is 3.40. The van der Waals surface area contributed by atoms with Crippen LogP contribution in [0.3, 0.4) is 0 Å². The zero-order valence-electron chi connectivity index (χ0n) is 11.4. The van der Waals surface area contributed by atoms with Crippen molar-refractivity contribution in [1.82, 2.24) is 4.57 Å². The van der Waals surface area contributed by atoms with Gasteiger partial charge in [0.15, 0.2) is 5.75 Å². The molecule has 1 fully saturated rings. The fraction of sp³-hybridized carbons (Fsp3) is 0.643. The Labute approximate surface area is 121 Å². The highest BCUT2D eigenvalue weighted by Gasteiger charge is 2.32. The molecule has 5 heteroatoms. The number of halogens is 1. The van der Waals surface area contributed by atoms with Crippen molar-refractivity contribution in [2.45, 2.75) is 44.8 Å². The van der Waals surface area contributed by atoms with E-state index < -0.39 is 0 Å². The summed E-state index contributed by atoms with van der Waals surface area (Å²) in [5.74, 6) is 0.379. The van der Waals surface area contributed by atoms with Crippen LogP contribution in [0.1, 0.15) is 38.6 Å². The molecule has 0 aliphatic heterocycles. The van der Waals surface area contributed by atoms with Gasteiger partial charge in [0.05, 0.1) is 13.2 Å². The molecule has 1 aromatic rings. The summed E-state index contributed by atoms with van der Waals surface area (Å²) in [6.07, 6.45) is 6.20. The maximum absolute atomic E-state index is 12.1. The first-order valence-electron chi connectivity index (χ1n) is 6.73. The van der Waals surface area contributed by atoms with Gasteiger partial charge >= 0.3 is 0 Å². The number of hydrogen-bond acceptors (Lipinski definition) is 3. The lowest BCUT2D eigenvalue weighted by atomic mass is 9.89. The first kappa shape index (κ1) is 14.6. The SMILES string of the molecule is CCCCO[C@H]1C[C@@H](n2cc(Br)cc(OC)c2=O)C1. The number of methoxy groups -OCH3 is 1. The lowest BCUT2D eigenvalue weighted by Crippen LogP contribution is -2.38. The van der Waals surface area contributed by atoms with E-state index in [0.29, 0.717) is 11.9 Å². The Morgan fingerprint density at radius 1 is 1.47 bits per heavy atom. The van der Waals surface area contributed by atoms with E-state index in [0.717, 1.165) is 36.8 Å². The van der Waals surface area contributed by atoms with Crippen LogP contribution < -0.4 is 10.3 Å². The number of unbranched alkanes of at least 4 members (excludes halogenated alkanes) is 1. The van der Waals surface area contributed by atoms with Crippen molar-refractivity contribution in [3.05, 3.63) is 27.1 Å². The lowest BCUT2D eigenvalue weighted by molar-refractivity contribution is -0.0277. The molecule has 4 nitrogen and oxygen atoms in total. The fourth-order valence-corrected chi connectivity index (χ4v) is 2.68. The quantitative estimate of drug-likeness (QED) is 0.753. The number of rotatable bonds is 6. The molecule has 0 bridgehead atoms. The second-order valence-corrected chi connectivity index (χ2v) is 5.83. The van der Waals surface area contributed by atoms with E-state index >= 15 is 0 Å². The second-order valence-electron chi connectivity index (χ2n) is 4.91. The third-order valence-corrected chi connectivity index (χ3v) is 3.95. The molecule has 1 aromatic heterocycles. The zero-order chi connectivity index (χ0) is 13.8. The normalized spacial score (nSPS) is 22.1. The Hall–Kier alpha value is -0.810. The highest BCUT2D eigenvalue weighted by atomic mass is 79.9. The largest absolute Gasteiger partial charge is 0.491 e. The Morgan fingerprint density at radius 2 is 2.21 bits per heavy atom. The van der Waals surface area contributed by atoms with E-state index in [1.807, 2.05) is 6.20 Å². The van der Waals surface area contributed by atoms with Crippen molar-refractivity contribution in [3.8, 4) is 5.75 Å². The minimum absolute atomic E-state index is 0.0669. The minimum atomic E-state index is -0.0669. The number of ether oxygens (including phenoxy) is 2. The van der Waals surface area contributed by atoms with Crippen molar-refractivity contribution >= 4 is 15.9 Å². The molecule has 19 heavy (non-hydrogen) atoms. The van der Waals surface area contributed by atoms with Crippen LogP contribution in [0.15, 0.2) is 21.5 Å². The molecule has 0 spiro atoms. The van der Waals surface area contributed by atoms with Crippen molar-refractivity contribution < 1.29 is 9.47 Å². The molecule has 106 valence electrons. The summed E-state index contributed by atoms with van der Waals surface area (Å²) in [4.78, 5) is 12.1. The molecule has 0 radical (unpaired) electrons. The summed E-state index contributed by atoms with van der Waals surface area (Å²) in [7, 11) is 1.52. The van der Waals surface area contributed by atoms with E-state index in [1.54, 1.807) is 10.6 Å². The summed E-state index contributed by atoms with van der Waals surface area (Å²) in [5.41, 5.74) is -0.0669. The van der Waals surface area contributed by atoms with Gasteiger partial charge in [0, 0.05) is 29.4 Å². The van der Waals surface area contributed by atoms with Crippen LogP contribution in [0.2, 0.25) is 0 Å². The molecule has 0 atom stereocenters. The highest BCUT2D eigenvalue weighted by Crippen LogP contribution is 2.34. The molecular formula is C14H20BrNO3. The van der Waals surface area contributed by atoms with Crippen LogP contribution in [0, 0.1) is 0 Å². The van der Waals surface area contributed by atoms with Gasteiger partial charge in [0.1, 0.15) is 0 Å². The summed E-state index contributed by atoms with van der Waals surface area (Å²) in [6.45, 7) is 2.98. The molecule has 0 aromatic carbocycles. The van der Waals surface area contributed by atoms with Gasteiger partial charge in [-0.15, -0.1) is 0 Å². The topological polar surface area (TPSA) is 40.5 Å². The van der Waals surface area contributed by atoms with Crippen molar-refractivity contribution in [2.24, 2.45) is 0 Å². The molecule has 0 unspecified atom stereocenters. The van der Waals surface area contributed by atoms with Crippen LogP contribution in [0.25, 0.3) is 0 Å². The molecule has 1 heterocycles. The summed E-state index contributed by atoms with van der Waals surface area (Å²) in [5, 5.41) is 0. The smallest absolute Gasteiger partial charge is 0.293 e. The molecule has 0 N–H and O–H groups in total. The van der Waals surface area contributed by atoms with E-state index in [-0.39, 0.29) is 11.6 Å². The van der Waals surface area contributed by atoms with Gasteiger partial charge in [-0.25, -0.2) is 0 Å². The molecule has 1 aliphatic carbocycles. The second kappa shape index (κ2) is 6.57. The van der Waals surface area contributed by atoms with Crippen LogP contribution in [0.5, 0.6) is 5.75 Å². The lowest BCUT2D eigenvalue weighted by Gasteiger charge is -2.36. The van der Waals surface area contributed by atoms with Crippen molar-refractivity contribution in [2.75, 3.05) is 13.7 Å². The van der Waals surface area contributed by atoms with E-state index in [4.69, 9.17) is 9.47 Å². The maximum Gasteiger partial charge on any atom is 0.293 e. The molecule has 1 saturated carbocycles. The average Bonchev–Trinajstić information content (AvgIpc) is 2.35. The molecule has 0 saturated heterocycles. The predicted octanol–water partition coefficient (Wildman–Crippen LogP) is 3.14. The Kier molecular flexibility index (Phi) is 5.05. The first-order valence-corrected chi connectivity index (χ1v) is 7.52. The number of nitrogens with zero attached hydrogens (tertiary/aromatic N) is 1. The monoisotopic (exact) mass is 329 g/mol. The Morgan fingerprint density at radius 3 is 2.84 bits per heavy atom. The van der Waals surface area contributed by atoms with Gasteiger partial charge in [-0.1, -0.05) is 13.3 Å². The molecule has 0 amide bonds. The van der Waals surface area contributed by atoms with Crippen molar-refractivity contribution in [3.63, 3.8) is 0 Å². The molecular weight excluding hydrogens is 310 g/mol. The highest BCUT2D eigenvalue weighted by molar-refractivity contribution is 9.10. The van der Waals surface area contributed by atoms with Gasteiger partial charge in [0.2, 0.25) is 0 Å². The van der Waals surface area contributed by atoms with Gasteiger partial charge in [-0.2, -0.15) is 0 Å². The predicted molar refractivity (Wildman–Crippen MR) is 77.9 cm³/mol. The number of hydrogen-bond donors (Lipinski definition) is 0. The first-order chi connectivity index (χ1) is 9.15. The van der Waals surface area contributed by atoms with E-state index in [9.17, 15) is 4.79 Å². The van der Waals surface area contributed by atoms with Crippen molar-refractivity contribution in [1.29, 1.82) is 0 Å². The number of aromatic nitrogens is 1. The maximum atomic E-state index is 12.1. The van der Waals surface area contributed by atoms with Gasteiger partial charge in [0.25, 0.3) is 5.56 Å². The Bertz CT molecular complexity index is 480. The zero-order valence-corrected chi connectivity index (χ0v) is 13.0. The van der Waals surface area contributed by atoms with E-state index in [1.165, 1.54) is 7.11 Å². The number of pyridine rings is 1. The van der Waals surface area contributed by atoms with Crippen LogP contribution in [-0.2, 0) is 4.74 Å². The molecule has 2 rings (SSSR count). The summed E-state index contributed by atoms with van der Waals surface area (Å²) < 4.78 is 13.4. The van der Waals surface area contributed by atoms with Gasteiger partial charge in [-0.3, -0.25) is 4.79 Å². The third-order valence-electron chi connectivity index (χ3n) is 3.51. The standard InChI is InChI=1S/C14H20BrNO3/c1-3-4-5-19-12-7-11(8-12)16-9-10(15)6-13(18-2)14(16)17/h6,9,11-12H,3-5,7-8H2,1-2H3/t11-,12+.